The SMILES string of the molecule is CN1CCN(C(=O)CC2(CC(=O)NC3C4CC5CC(C4)CC3C5)CCCC2)CC1. The van der Waals surface area contributed by atoms with Gasteiger partial charge in [0, 0.05) is 45.1 Å². The molecule has 1 heterocycles. The van der Waals surface area contributed by atoms with Crippen LogP contribution in [0.4, 0.5) is 0 Å². The molecule has 6 aliphatic rings. The van der Waals surface area contributed by atoms with Gasteiger partial charge in [0.2, 0.25) is 11.8 Å². The number of hydrogen-bond donors (Lipinski definition) is 1. The standard InChI is InChI=1S/C24H39N3O2/c1-26-6-8-27(9-7-26)22(29)16-24(4-2-3-5-24)15-21(28)25-23-19-11-17-10-18(13-19)14-20(23)12-17/h17-20,23H,2-16H2,1H3,(H,25,28). The van der Waals surface area contributed by atoms with Crippen molar-refractivity contribution in [3.63, 3.8) is 0 Å². The molecule has 0 unspecified atom stereocenters. The number of nitrogens with one attached hydrogen (secondary N) is 1. The Morgan fingerprint density at radius 3 is 2.03 bits per heavy atom. The second-order valence-corrected chi connectivity index (χ2v) is 11.3. The molecule has 0 spiro atoms. The Hall–Kier alpha value is -1.10. The van der Waals surface area contributed by atoms with Gasteiger partial charge in [-0.1, -0.05) is 12.8 Å². The van der Waals surface area contributed by atoms with Gasteiger partial charge in [-0.15, -0.1) is 0 Å². The molecule has 1 saturated heterocycles. The van der Waals surface area contributed by atoms with Gasteiger partial charge in [-0.05, 0) is 81.1 Å². The third kappa shape index (κ3) is 4.08. The van der Waals surface area contributed by atoms with Crippen LogP contribution in [-0.4, -0.2) is 60.9 Å². The van der Waals surface area contributed by atoms with Crippen LogP contribution < -0.4 is 5.32 Å². The fourth-order valence-electron chi connectivity index (χ4n) is 7.77. The molecule has 6 fully saturated rings. The van der Waals surface area contributed by atoms with Crippen LogP contribution in [0.5, 0.6) is 0 Å². The van der Waals surface area contributed by atoms with Gasteiger partial charge >= 0.3 is 0 Å². The maximum atomic E-state index is 13.2. The zero-order chi connectivity index (χ0) is 20.0. The maximum Gasteiger partial charge on any atom is 0.223 e. The molecule has 6 rings (SSSR count). The summed E-state index contributed by atoms with van der Waals surface area (Å²) >= 11 is 0. The molecule has 4 bridgehead atoms. The third-order valence-corrected chi connectivity index (χ3v) is 9.14. The first-order valence-electron chi connectivity index (χ1n) is 12.3. The van der Waals surface area contributed by atoms with E-state index in [-0.39, 0.29) is 17.2 Å². The summed E-state index contributed by atoms with van der Waals surface area (Å²) in [6.07, 6.45) is 12.4. The van der Waals surface area contributed by atoms with E-state index in [0.717, 1.165) is 62.7 Å². The minimum Gasteiger partial charge on any atom is -0.353 e. The molecule has 5 nitrogen and oxygen atoms in total. The fraction of sp³-hybridized carbons (Fsp3) is 0.917. The van der Waals surface area contributed by atoms with E-state index in [1.807, 2.05) is 4.90 Å². The fourth-order valence-corrected chi connectivity index (χ4v) is 7.77. The molecule has 2 amide bonds. The lowest BCUT2D eigenvalue weighted by molar-refractivity contribution is -0.136. The predicted molar refractivity (Wildman–Crippen MR) is 113 cm³/mol. The number of likely N-dealkylation sites (N-methyl/N-ethyl adjacent to an activating group) is 1. The first-order valence-corrected chi connectivity index (χ1v) is 12.3. The van der Waals surface area contributed by atoms with Crippen molar-refractivity contribution in [2.75, 3.05) is 33.2 Å². The molecule has 0 atom stereocenters. The number of nitrogens with zero attached hydrogens (tertiary/aromatic N) is 2. The molecular formula is C24H39N3O2. The van der Waals surface area contributed by atoms with Crippen LogP contribution in [0.1, 0.15) is 70.6 Å². The lowest BCUT2D eigenvalue weighted by atomic mass is 9.54. The van der Waals surface area contributed by atoms with Gasteiger partial charge in [-0.25, -0.2) is 0 Å². The summed E-state index contributed by atoms with van der Waals surface area (Å²) in [6, 6.07) is 0.419. The monoisotopic (exact) mass is 401 g/mol. The summed E-state index contributed by atoms with van der Waals surface area (Å²) in [5.41, 5.74) is -0.0869. The first kappa shape index (κ1) is 19.8. The van der Waals surface area contributed by atoms with Gasteiger partial charge in [-0.2, -0.15) is 0 Å². The van der Waals surface area contributed by atoms with Crippen LogP contribution in [0.15, 0.2) is 0 Å². The van der Waals surface area contributed by atoms with E-state index in [2.05, 4.69) is 17.3 Å². The Kier molecular flexibility index (Phi) is 5.38. The smallest absolute Gasteiger partial charge is 0.223 e. The zero-order valence-electron chi connectivity index (χ0n) is 18.2. The summed E-state index contributed by atoms with van der Waals surface area (Å²) in [4.78, 5) is 30.5. The van der Waals surface area contributed by atoms with Crippen molar-refractivity contribution in [3.05, 3.63) is 0 Å². The molecule has 5 aliphatic carbocycles. The van der Waals surface area contributed by atoms with Crippen LogP contribution in [0.25, 0.3) is 0 Å². The van der Waals surface area contributed by atoms with Crippen LogP contribution in [0, 0.1) is 29.1 Å². The predicted octanol–water partition coefficient (Wildman–Crippen LogP) is 3.04. The van der Waals surface area contributed by atoms with Crippen molar-refractivity contribution >= 4 is 11.8 Å². The van der Waals surface area contributed by atoms with Crippen molar-refractivity contribution in [2.45, 2.75) is 76.7 Å². The Bertz CT molecular complexity index is 606. The zero-order valence-corrected chi connectivity index (χ0v) is 18.2. The molecule has 29 heavy (non-hydrogen) atoms. The minimum atomic E-state index is -0.0869. The van der Waals surface area contributed by atoms with Crippen molar-refractivity contribution in [2.24, 2.45) is 29.1 Å². The quantitative estimate of drug-likeness (QED) is 0.770. The van der Waals surface area contributed by atoms with Gasteiger partial charge in [0.15, 0.2) is 0 Å². The number of carbonyl (C=O) groups is 2. The molecule has 0 aromatic heterocycles. The second kappa shape index (κ2) is 7.86. The van der Waals surface area contributed by atoms with E-state index < -0.39 is 0 Å². The average Bonchev–Trinajstić information content (AvgIpc) is 3.12. The molecule has 5 saturated carbocycles. The van der Waals surface area contributed by atoms with Gasteiger partial charge in [0.05, 0.1) is 0 Å². The topological polar surface area (TPSA) is 52.7 Å². The maximum absolute atomic E-state index is 13.2. The van der Waals surface area contributed by atoms with Gasteiger partial charge in [-0.3, -0.25) is 9.59 Å². The van der Waals surface area contributed by atoms with Crippen molar-refractivity contribution in [1.82, 2.24) is 15.1 Å². The van der Waals surface area contributed by atoms with Crippen LogP contribution >= 0.6 is 0 Å². The molecule has 0 aromatic rings. The normalized spacial score (nSPS) is 38.4. The highest BCUT2D eigenvalue weighted by Gasteiger charge is 2.49. The number of hydrogen-bond acceptors (Lipinski definition) is 3. The summed E-state index contributed by atoms with van der Waals surface area (Å²) < 4.78 is 0. The lowest BCUT2D eigenvalue weighted by Crippen LogP contribution is -2.56. The van der Waals surface area contributed by atoms with Crippen LogP contribution in [0.3, 0.4) is 0 Å². The van der Waals surface area contributed by atoms with Gasteiger partial charge in [0.25, 0.3) is 0 Å². The molecule has 5 heteroatoms. The van der Waals surface area contributed by atoms with Gasteiger partial charge in [0.1, 0.15) is 0 Å². The van der Waals surface area contributed by atoms with Crippen molar-refractivity contribution in [3.8, 4) is 0 Å². The molecule has 0 aromatic carbocycles. The number of amides is 2. The van der Waals surface area contributed by atoms with Crippen LogP contribution in [-0.2, 0) is 9.59 Å². The number of piperazine rings is 1. The Balaban J connectivity index is 1.19. The summed E-state index contributed by atoms with van der Waals surface area (Å²) in [5.74, 6) is 3.84. The largest absolute Gasteiger partial charge is 0.353 e. The first-order chi connectivity index (χ1) is 14.0. The van der Waals surface area contributed by atoms with Crippen molar-refractivity contribution in [1.29, 1.82) is 0 Å². The summed E-state index contributed by atoms with van der Waals surface area (Å²) in [6.45, 7) is 3.61. The van der Waals surface area contributed by atoms with E-state index in [1.54, 1.807) is 0 Å². The molecule has 0 radical (unpaired) electrons. The lowest BCUT2D eigenvalue weighted by Gasteiger charge is -2.54. The molecule has 1 N–H and O–H groups in total. The van der Waals surface area contributed by atoms with Gasteiger partial charge < -0.3 is 15.1 Å². The molecule has 162 valence electrons. The Labute approximate surface area is 175 Å². The highest BCUT2D eigenvalue weighted by atomic mass is 16.2. The van der Waals surface area contributed by atoms with Crippen molar-refractivity contribution < 1.29 is 9.59 Å². The molecule has 1 aliphatic heterocycles. The van der Waals surface area contributed by atoms with E-state index in [0.29, 0.717) is 18.9 Å². The second-order valence-electron chi connectivity index (χ2n) is 11.3. The van der Waals surface area contributed by atoms with E-state index in [1.165, 1.54) is 44.9 Å². The Morgan fingerprint density at radius 2 is 1.45 bits per heavy atom. The van der Waals surface area contributed by atoms with Crippen LogP contribution in [0.2, 0.25) is 0 Å². The van der Waals surface area contributed by atoms with E-state index in [4.69, 9.17) is 0 Å². The number of rotatable bonds is 5. The Morgan fingerprint density at radius 1 is 0.862 bits per heavy atom. The average molecular weight is 402 g/mol. The summed E-state index contributed by atoms with van der Waals surface area (Å²) in [7, 11) is 2.12. The summed E-state index contributed by atoms with van der Waals surface area (Å²) in [5, 5.41) is 3.50. The number of carbonyl (C=O) groups excluding carboxylic acids is 2. The third-order valence-electron chi connectivity index (χ3n) is 9.14. The highest BCUT2D eigenvalue weighted by Crippen LogP contribution is 2.54. The van der Waals surface area contributed by atoms with E-state index in [9.17, 15) is 9.59 Å². The molecular weight excluding hydrogens is 362 g/mol. The minimum absolute atomic E-state index is 0.0869. The highest BCUT2D eigenvalue weighted by molar-refractivity contribution is 5.81. The van der Waals surface area contributed by atoms with E-state index >= 15 is 0 Å².